The number of rotatable bonds is 30. The molecule has 0 aromatic carbocycles. The monoisotopic (exact) mass is 728 g/mol. The van der Waals surface area contributed by atoms with Crippen molar-refractivity contribution in [3.05, 3.63) is 0 Å². The molecule has 4 amide bonds. The molecule has 1 rings (SSSR count). The summed E-state index contributed by atoms with van der Waals surface area (Å²) in [6, 6.07) is 0. The van der Waals surface area contributed by atoms with Crippen LogP contribution >= 0.6 is 0 Å². The number of nitrogens with one attached hydrogen (secondary N) is 1. The average molecular weight is 728 g/mol. The Bertz CT molecular complexity index is 973. The van der Waals surface area contributed by atoms with Crippen LogP contribution in [-0.4, -0.2) is 106 Å². The molecule has 1 aliphatic heterocycles. The van der Waals surface area contributed by atoms with Crippen LogP contribution in [0.2, 0.25) is 0 Å². The fourth-order valence-electron chi connectivity index (χ4n) is 6.86. The lowest BCUT2D eigenvalue weighted by molar-refractivity contribution is -0.312. The van der Waals surface area contributed by atoms with Gasteiger partial charge in [-0.1, -0.05) is 136 Å². The molecule has 1 saturated heterocycles. The van der Waals surface area contributed by atoms with Crippen molar-refractivity contribution >= 4 is 23.6 Å². The third-order valence-electron chi connectivity index (χ3n) is 9.87. The van der Waals surface area contributed by atoms with Crippen molar-refractivity contribution in [3.63, 3.8) is 0 Å². The summed E-state index contributed by atoms with van der Waals surface area (Å²) >= 11 is 0. The second kappa shape index (κ2) is 28.4. The highest BCUT2D eigenvalue weighted by atomic mass is 16.6. The highest BCUT2D eigenvalue weighted by molar-refractivity contribution is 5.99. The first kappa shape index (κ1) is 46.9. The highest BCUT2D eigenvalue weighted by Crippen LogP contribution is 2.37. The number of ether oxygens (including phenoxy) is 1. The number of nitrogens with two attached hydrogens (primary N) is 2. The highest BCUT2D eigenvalue weighted by Gasteiger charge is 2.57. The van der Waals surface area contributed by atoms with Crippen molar-refractivity contribution in [2.24, 2.45) is 11.5 Å². The third-order valence-corrected chi connectivity index (χ3v) is 9.87. The Hall–Kier alpha value is -2.16. The molecule has 0 unspecified atom stereocenters. The van der Waals surface area contributed by atoms with E-state index in [1.807, 2.05) is 0 Å². The van der Waals surface area contributed by atoms with Crippen LogP contribution in [0.5, 0.6) is 0 Å². The van der Waals surface area contributed by atoms with E-state index >= 15 is 0 Å². The molecule has 13 nitrogen and oxygen atoms in total. The van der Waals surface area contributed by atoms with Gasteiger partial charge in [0.1, 0.15) is 12.2 Å². The van der Waals surface area contributed by atoms with E-state index in [4.69, 9.17) is 16.2 Å². The number of aliphatic hydroxyl groups is 3. The maximum atomic E-state index is 14.2. The topological polar surface area (TPSA) is 209 Å². The Kier molecular flexibility index (Phi) is 26.1. The van der Waals surface area contributed by atoms with E-state index in [1.54, 1.807) is 0 Å². The lowest BCUT2D eigenvalue weighted by Gasteiger charge is -2.54. The number of nitrogens with zero attached hydrogens (tertiary/aromatic N) is 2. The molecule has 0 aliphatic carbocycles. The second-order valence-corrected chi connectivity index (χ2v) is 14.2. The fraction of sp³-hybridized carbons (Fsp3) is 0.895. The minimum atomic E-state index is -2.19. The van der Waals surface area contributed by atoms with Gasteiger partial charge in [-0.05, 0) is 12.8 Å². The zero-order valence-corrected chi connectivity index (χ0v) is 32.0. The maximum absolute atomic E-state index is 14.2. The van der Waals surface area contributed by atoms with Crippen molar-refractivity contribution in [1.82, 2.24) is 15.1 Å². The van der Waals surface area contributed by atoms with Gasteiger partial charge in [0.2, 0.25) is 23.6 Å². The molecular formula is C38H73N5O8. The quantitative estimate of drug-likeness (QED) is 0.0463. The molecule has 1 heterocycles. The molecule has 0 radical (unpaired) electrons. The molecule has 13 heteroatoms. The minimum Gasteiger partial charge on any atom is -0.394 e. The second-order valence-electron chi connectivity index (χ2n) is 14.2. The largest absolute Gasteiger partial charge is 0.394 e. The summed E-state index contributed by atoms with van der Waals surface area (Å²) in [5, 5.41) is 34.2. The van der Waals surface area contributed by atoms with Crippen molar-refractivity contribution in [2.45, 2.75) is 186 Å². The van der Waals surface area contributed by atoms with Gasteiger partial charge in [0.05, 0.1) is 32.3 Å². The molecule has 8 N–H and O–H groups in total. The summed E-state index contributed by atoms with van der Waals surface area (Å²) in [4.78, 5) is 55.4. The number of unbranched alkanes of at least 4 members (excludes halogenated alkanes) is 19. The van der Waals surface area contributed by atoms with Gasteiger partial charge in [-0.25, -0.2) is 4.90 Å². The minimum absolute atomic E-state index is 0.103. The predicted molar refractivity (Wildman–Crippen MR) is 199 cm³/mol. The number of carbonyl (C=O) groups is 4. The van der Waals surface area contributed by atoms with Crippen LogP contribution in [0.15, 0.2) is 0 Å². The van der Waals surface area contributed by atoms with E-state index in [1.165, 1.54) is 75.5 Å². The van der Waals surface area contributed by atoms with Crippen molar-refractivity contribution in [2.75, 3.05) is 32.8 Å². The van der Waals surface area contributed by atoms with Gasteiger partial charge >= 0.3 is 0 Å². The van der Waals surface area contributed by atoms with Gasteiger partial charge < -0.3 is 36.8 Å². The fourth-order valence-corrected chi connectivity index (χ4v) is 6.86. The summed E-state index contributed by atoms with van der Waals surface area (Å²) in [6.07, 6.45) is 17.8. The van der Waals surface area contributed by atoms with Gasteiger partial charge in [-0.15, -0.1) is 0 Å². The van der Waals surface area contributed by atoms with Crippen LogP contribution in [0.25, 0.3) is 0 Å². The standard InChI is InChI=1S/C38H73N5O8/c1-3-5-7-9-11-13-14-15-17-19-21-23-25-42(34(47)24-22-20-18-16-12-10-8-6-4-2)38(26-31(45)37(50)32(30-44)51-38)43(35(48)28-40)36(49)29-41-33(46)27-39/h31-32,37,44-45,50H,3-30,39-40H2,1-2H3,(H,41,46)/t31-,32-,37+,38-/m1/s1. The smallest absolute Gasteiger partial charge is 0.252 e. The number of imide groups is 1. The normalized spacial score (nSPS) is 20.3. The van der Waals surface area contributed by atoms with E-state index in [-0.39, 0.29) is 25.4 Å². The van der Waals surface area contributed by atoms with E-state index in [9.17, 15) is 34.5 Å². The molecule has 4 atom stereocenters. The molecule has 0 saturated carbocycles. The number of aliphatic hydroxyl groups excluding tert-OH is 3. The average Bonchev–Trinajstić information content (AvgIpc) is 3.13. The van der Waals surface area contributed by atoms with Gasteiger partial charge in [-0.2, -0.15) is 0 Å². The predicted octanol–water partition coefficient (Wildman–Crippen LogP) is 3.98. The number of hydrogen-bond acceptors (Lipinski definition) is 10. The lowest BCUT2D eigenvalue weighted by atomic mass is 9.95. The first-order chi connectivity index (χ1) is 24.6. The Morgan fingerprint density at radius 1 is 0.686 bits per heavy atom. The SMILES string of the molecule is CCCCCCCCCCCCCCN(C(=O)CCCCCCCCCCC)[C@@]1(N(C(=O)CN)C(=O)CNC(=O)CN)C[C@@H](O)[C@H](O)[C@@H](CO)O1. The van der Waals surface area contributed by atoms with E-state index in [2.05, 4.69) is 19.2 Å². The molecular weight excluding hydrogens is 654 g/mol. The van der Waals surface area contributed by atoms with Crippen molar-refractivity contribution in [1.29, 1.82) is 0 Å². The van der Waals surface area contributed by atoms with Crippen LogP contribution in [0.1, 0.15) is 162 Å². The summed E-state index contributed by atoms with van der Waals surface area (Å²) in [7, 11) is 0. The Labute approximate surface area is 307 Å². The van der Waals surface area contributed by atoms with Gasteiger partial charge in [-0.3, -0.25) is 24.1 Å². The van der Waals surface area contributed by atoms with Crippen molar-refractivity contribution in [3.8, 4) is 0 Å². The van der Waals surface area contributed by atoms with Crippen LogP contribution in [-0.2, 0) is 23.9 Å². The van der Waals surface area contributed by atoms with Gasteiger partial charge in [0.15, 0.2) is 0 Å². The zero-order chi connectivity index (χ0) is 37.9. The van der Waals surface area contributed by atoms with Gasteiger partial charge in [0.25, 0.3) is 5.91 Å². The summed E-state index contributed by atoms with van der Waals surface area (Å²) in [6.45, 7) is 2.09. The zero-order valence-electron chi connectivity index (χ0n) is 32.0. The van der Waals surface area contributed by atoms with Crippen molar-refractivity contribution < 1.29 is 39.2 Å². The molecule has 0 aromatic heterocycles. The van der Waals surface area contributed by atoms with Crippen LogP contribution in [0, 0.1) is 0 Å². The summed E-state index contributed by atoms with van der Waals surface area (Å²) < 4.78 is 6.21. The van der Waals surface area contributed by atoms with Crippen LogP contribution in [0.4, 0.5) is 0 Å². The maximum Gasteiger partial charge on any atom is 0.252 e. The molecule has 0 aromatic rings. The molecule has 51 heavy (non-hydrogen) atoms. The molecule has 0 spiro atoms. The summed E-state index contributed by atoms with van der Waals surface area (Å²) in [5.74, 6) is -5.04. The molecule has 0 bridgehead atoms. The van der Waals surface area contributed by atoms with Crippen LogP contribution in [0.3, 0.4) is 0 Å². The van der Waals surface area contributed by atoms with E-state index in [0.29, 0.717) is 17.7 Å². The molecule has 298 valence electrons. The Balaban J connectivity index is 3.21. The molecule has 1 fully saturated rings. The number of amides is 4. The van der Waals surface area contributed by atoms with E-state index in [0.717, 1.165) is 51.4 Å². The van der Waals surface area contributed by atoms with Crippen LogP contribution < -0.4 is 16.8 Å². The van der Waals surface area contributed by atoms with Gasteiger partial charge in [0, 0.05) is 19.4 Å². The first-order valence-corrected chi connectivity index (χ1v) is 20.1. The first-order valence-electron chi connectivity index (χ1n) is 20.1. The Morgan fingerprint density at radius 3 is 1.61 bits per heavy atom. The Morgan fingerprint density at radius 2 is 1.16 bits per heavy atom. The number of hydrogen-bond donors (Lipinski definition) is 6. The number of carbonyl (C=O) groups excluding carboxylic acids is 4. The van der Waals surface area contributed by atoms with E-state index < -0.39 is 68.0 Å². The summed E-state index contributed by atoms with van der Waals surface area (Å²) in [5.41, 5.74) is 11.2. The molecule has 1 aliphatic rings. The third kappa shape index (κ3) is 17.5. The lowest BCUT2D eigenvalue weighted by Crippen LogP contribution is -2.74.